The van der Waals surface area contributed by atoms with Crippen molar-refractivity contribution in [2.24, 2.45) is 5.10 Å². The second-order valence-electron chi connectivity index (χ2n) is 9.73. The van der Waals surface area contributed by atoms with Crippen molar-refractivity contribution < 1.29 is 0 Å². The first-order chi connectivity index (χ1) is 16.6. The third-order valence-corrected chi connectivity index (χ3v) is 7.29. The molecule has 0 amide bonds. The summed E-state index contributed by atoms with van der Waals surface area (Å²) < 4.78 is 0. The van der Waals surface area contributed by atoms with Gasteiger partial charge in [0.25, 0.3) is 0 Å². The summed E-state index contributed by atoms with van der Waals surface area (Å²) in [6.45, 7) is 8.41. The summed E-state index contributed by atoms with van der Waals surface area (Å²) in [4.78, 5) is 4.88. The van der Waals surface area contributed by atoms with Crippen molar-refractivity contribution >= 4 is 11.9 Å². The number of hydrazone groups is 1. The van der Waals surface area contributed by atoms with E-state index in [-0.39, 0.29) is 11.5 Å². The second-order valence-corrected chi connectivity index (χ2v) is 9.73. The van der Waals surface area contributed by atoms with Crippen LogP contribution in [0.15, 0.2) is 102 Å². The minimum Gasteiger partial charge on any atom is -0.347 e. The molecule has 0 aliphatic carbocycles. The molecule has 0 aromatic heterocycles. The molecule has 0 unspecified atom stereocenters. The number of benzene rings is 3. The van der Waals surface area contributed by atoms with E-state index in [1.807, 2.05) is 6.21 Å². The zero-order chi connectivity index (χ0) is 23.5. The largest absolute Gasteiger partial charge is 0.347 e. The van der Waals surface area contributed by atoms with Crippen LogP contribution in [0.4, 0.5) is 5.69 Å². The van der Waals surface area contributed by atoms with Crippen molar-refractivity contribution in [3.8, 4) is 0 Å². The lowest BCUT2D eigenvalue weighted by Gasteiger charge is -2.38. The van der Waals surface area contributed by atoms with Crippen molar-refractivity contribution in [1.82, 2.24) is 9.91 Å². The minimum absolute atomic E-state index is 0.0192. The molecule has 34 heavy (non-hydrogen) atoms. The normalized spacial score (nSPS) is 19.4. The van der Waals surface area contributed by atoms with Gasteiger partial charge in [-0.15, -0.1) is 0 Å². The number of hydrogen-bond donors (Lipinski definition) is 0. The number of likely N-dealkylation sites (N-methyl/N-ethyl adjacent to an activating group) is 1. The Morgan fingerprint density at radius 1 is 0.765 bits per heavy atom. The number of allylic oxidation sites excluding steroid dienone is 2. The van der Waals surface area contributed by atoms with Gasteiger partial charge in [-0.3, -0.25) is 9.91 Å². The van der Waals surface area contributed by atoms with E-state index in [0.29, 0.717) is 0 Å². The van der Waals surface area contributed by atoms with Crippen LogP contribution in [0.2, 0.25) is 0 Å². The molecule has 3 aromatic carbocycles. The van der Waals surface area contributed by atoms with Gasteiger partial charge in [0.15, 0.2) is 0 Å². The first-order valence-electron chi connectivity index (χ1n) is 12.2. The third kappa shape index (κ3) is 4.26. The molecule has 0 N–H and O–H groups in total. The summed E-state index contributed by atoms with van der Waals surface area (Å²) in [7, 11) is 2.15. The summed E-state index contributed by atoms with van der Waals surface area (Å²) in [5, 5.41) is 7.03. The second kappa shape index (κ2) is 9.47. The Kier molecular flexibility index (Phi) is 6.25. The summed E-state index contributed by atoms with van der Waals surface area (Å²) in [5.41, 5.74) is 6.62. The molecule has 2 aliphatic rings. The van der Waals surface area contributed by atoms with Gasteiger partial charge in [0.2, 0.25) is 0 Å². The van der Waals surface area contributed by atoms with E-state index in [9.17, 15) is 0 Å². The first kappa shape index (κ1) is 22.4. The van der Waals surface area contributed by atoms with Gasteiger partial charge in [0, 0.05) is 56.2 Å². The quantitative estimate of drug-likeness (QED) is 0.466. The van der Waals surface area contributed by atoms with Gasteiger partial charge < -0.3 is 4.90 Å². The molecule has 1 saturated heterocycles. The van der Waals surface area contributed by atoms with E-state index in [0.717, 1.165) is 26.2 Å². The number of piperazine rings is 1. The van der Waals surface area contributed by atoms with Crippen LogP contribution >= 0.6 is 0 Å². The maximum atomic E-state index is 4.83. The molecule has 1 fully saturated rings. The van der Waals surface area contributed by atoms with Gasteiger partial charge in [-0.05, 0) is 28.8 Å². The Morgan fingerprint density at radius 2 is 1.32 bits per heavy atom. The maximum absolute atomic E-state index is 4.83. The summed E-state index contributed by atoms with van der Waals surface area (Å²) in [5.74, 6) is 0. The number of para-hydroxylation sites is 1. The van der Waals surface area contributed by atoms with E-state index < -0.39 is 0 Å². The fourth-order valence-electron chi connectivity index (χ4n) is 5.47. The summed E-state index contributed by atoms with van der Waals surface area (Å²) in [6, 6.07) is 30.7. The molecule has 174 valence electrons. The molecule has 0 atom stereocenters. The van der Waals surface area contributed by atoms with Crippen molar-refractivity contribution in [2.45, 2.75) is 25.3 Å². The highest BCUT2D eigenvalue weighted by Crippen LogP contribution is 2.46. The first-order valence-corrected chi connectivity index (χ1v) is 12.2. The standard InChI is InChI=1S/C30H34N4/c1-30(2)26-16-10-11-17-27(26)32(3)28(30)18-19-31-34-22-20-33(21-23-34)29(24-12-6-4-7-13-24)25-14-8-5-9-15-25/h4-19,29H,20-23H2,1-3H3/b28-18-,31-19+. The average Bonchev–Trinajstić information content (AvgIpc) is 3.07. The molecule has 0 saturated carbocycles. The molecule has 0 spiro atoms. The minimum atomic E-state index is -0.0192. The number of fused-ring (bicyclic) bond motifs is 1. The Bertz CT molecular complexity index is 1120. The van der Waals surface area contributed by atoms with E-state index in [4.69, 9.17) is 5.10 Å². The Morgan fingerprint density at radius 3 is 1.91 bits per heavy atom. The van der Waals surface area contributed by atoms with Gasteiger partial charge >= 0.3 is 0 Å². The smallest absolute Gasteiger partial charge is 0.0603 e. The van der Waals surface area contributed by atoms with Crippen LogP contribution in [0.1, 0.15) is 36.6 Å². The molecule has 0 radical (unpaired) electrons. The average molecular weight is 451 g/mol. The summed E-state index contributed by atoms with van der Waals surface area (Å²) in [6.07, 6.45) is 4.17. The molecule has 2 heterocycles. The molecule has 4 heteroatoms. The lowest BCUT2D eigenvalue weighted by molar-refractivity contribution is 0.113. The summed E-state index contributed by atoms with van der Waals surface area (Å²) >= 11 is 0. The van der Waals surface area contributed by atoms with Crippen molar-refractivity contribution in [3.63, 3.8) is 0 Å². The fourth-order valence-corrected chi connectivity index (χ4v) is 5.47. The topological polar surface area (TPSA) is 22.1 Å². The van der Waals surface area contributed by atoms with Crippen molar-refractivity contribution in [2.75, 3.05) is 38.1 Å². The van der Waals surface area contributed by atoms with Crippen molar-refractivity contribution in [3.05, 3.63) is 113 Å². The lowest BCUT2D eigenvalue weighted by atomic mass is 9.84. The number of rotatable bonds is 5. The van der Waals surface area contributed by atoms with Gasteiger partial charge in [-0.2, -0.15) is 5.10 Å². The van der Waals surface area contributed by atoms with Crippen molar-refractivity contribution in [1.29, 1.82) is 0 Å². The molecule has 5 rings (SSSR count). The fraction of sp³-hybridized carbons (Fsp3) is 0.300. The van der Waals surface area contributed by atoms with Gasteiger partial charge in [0.1, 0.15) is 0 Å². The molecular formula is C30H34N4. The highest BCUT2D eigenvalue weighted by Gasteiger charge is 2.37. The van der Waals surface area contributed by atoms with Crippen LogP contribution in [0, 0.1) is 0 Å². The number of nitrogens with zero attached hydrogens (tertiary/aromatic N) is 4. The van der Waals surface area contributed by atoms with Crippen LogP contribution in [-0.2, 0) is 5.41 Å². The maximum Gasteiger partial charge on any atom is 0.0603 e. The zero-order valence-corrected chi connectivity index (χ0v) is 20.4. The third-order valence-electron chi connectivity index (χ3n) is 7.29. The highest BCUT2D eigenvalue weighted by atomic mass is 15.5. The highest BCUT2D eigenvalue weighted by molar-refractivity contribution is 5.79. The zero-order valence-electron chi connectivity index (χ0n) is 20.4. The molecule has 0 bridgehead atoms. The van der Waals surface area contributed by atoms with Crippen LogP contribution < -0.4 is 4.90 Å². The Hall–Kier alpha value is -3.37. The van der Waals surface area contributed by atoms with Crippen LogP contribution in [0.5, 0.6) is 0 Å². The van der Waals surface area contributed by atoms with E-state index >= 15 is 0 Å². The van der Waals surface area contributed by atoms with E-state index in [1.54, 1.807) is 0 Å². The Labute approximate surface area is 203 Å². The molecule has 2 aliphatic heterocycles. The number of anilines is 1. The predicted octanol–water partition coefficient (Wildman–Crippen LogP) is 5.69. The predicted molar refractivity (Wildman–Crippen MR) is 142 cm³/mol. The van der Waals surface area contributed by atoms with Gasteiger partial charge in [-0.25, -0.2) is 0 Å². The van der Waals surface area contributed by atoms with Gasteiger partial charge in [-0.1, -0.05) is 92.7 Å². The van der Waals surface area contributed by atoms with Crippen LogP contribution in [0.25, 0.3) is 0 Å². The Balaban J connectivity index is 1.27. The van der Waals surface area contributed by atoms with Crippen LogP contribution in [-0.4, -0.2) is 49.4 Å². The number of hydrogen-bond acceptors (Lipinski definition) is 4. The monoisotopic (exact) mass is 450 g/mol. The molecule has 3 aromatic rings. The van der Waals surface area contributed by atoms with E-state index in [1.165, 1.54) is 28.1 Å². The SMILES string of the molecule is CN1/C(=C\C=N\N2CCN(C(c3ccccc3)c3ccccc3)CC2)C(C)(C)c2ccccc21. The molecule has 4 nitrogen and oxygen atoms in total. The molecular weight excluding hydrogens is 416 g/mol. The van der Waals surface area contributed by atoms with E-state index in [2.05, 4.69) is 127 Å². The van der Waals surface area contributed by atoms with Crippen LogP contribution in [0.3, 0.4) is 0 Å². The lowest BCUT2D eigenvalue weighted by Crippen LogP contribution is -2.45. The van der Waals surface area contributed by atoms with Gasteiger partial charge in [0.05, 0.1) is 6.04 Å².